The van der Waals surface area contributed by atoms with Crippen LogP contribution >= 0.6 is 0 Å². The third-order valence-electron chi connectivity index (χ3n) is 4.55. The summed E-state index contributed by atoms with van der Waals surface area (Å²) in [5.74, 6) is 0. The lowest BCUT2D eigenvalue weighted by Gasteiger charge is -2.13. The van der Waals surface area contributed by atoms with Gasteiger partial charge in [0.25, 0.3) is 5.56 Å². The van der Waals surface area contributed by atoms with Crippen molar-refractivity contribution in [2.24, 2.45) is 0 Å². The summed E-state index contributed by atoms with van der Waals surface area (Å²) >= 11 is 0. The summed E-state index contributed by atoms with van der Waals surface area (Å²) in [6.45, 7) is 0. The first-order chi connectivity index (χ1) is 13.6. The monoisotopic (exact) mass is 422 g/mol. The molecule has 150 valence electrons. The van der Waals surface area contributed by atoms with Gasteiger partial charge < -0.3 is 4.98 Å². The van der Waals surface area contributed by atoms with Gasteiger partial charge in [-0.25, -0.2) is 18.1 Å². The van der Waals surface area contributed by atoms with E-state index in [1.165, 1.54) is 48.3 Å². The second kappa shape index (κ2) is 6.42. The minimum atomic E-state index is -4.50. The molecule has 0 fully saturated rings. The zero-order valence-electron chi connectivity index (χ0n) is 14.8. The fourth-order valence-corrected chi connectivity index (χ4v) is 3.88. The van der Waals surface area contributed by atoms with Gasteiger partial charge in [0.1, 0.15) is 11.0 Å². The molecule has 2 N–H and O–H groups in total. The molecule has 0 saturated heterocycles. The minimum Gasteiger partial charge on any atom is -0.340 e. The summed E-state index contributed by atoms with van der Waals surface area (Å²) in [4.78, 5) is 19.7. The Balaban J connectivity index is 2.06. The lowest BCUT2D eigenvalue weighted by molar-refractivity contribution is -0.137. The van der Waals surface area contributed by atoms with Crippen LogP contribution in [-0.2, 0) is 16.2 Å². The molecule has 0 amide bonds. The Morgan fingerprint density at radius 3 is 2.41 bits per heavy atom. The second-order valence-corrected chi connectivity index (χ2v) is 8.08. The average molecular weight is 422 g/mol. The number of nitrogens with zero attached hydrogens (tertiary/aromatic N) is 2. The van der Waals surface area contributed by atoms with Crippen LogP contribution in [0.5, 0.6) is 0 Å². The van der Waals surface area contributed by atoms with Crippen LogP contribution in [0, 0.1) is 0 Å². The highest BCUT2D eigenvalue weighted by atomic mass is 32.2. The van der Waals surface area contributed by atoms with Gasteiger partial charge >= 0.3 is 6.18 Å². The molecule has 4 rings (SSSR count). The molecule has 2 heterocycles. The number of rotatable bonds is 3. The quantitative estimate of drug-likeness (QED) is 0.531. The number of hydrogen-bond donors (Lipinski definition) is 2. The zero-order chi connectivity index (χ0) is 21.0. The summed E-state index contributed by atoms with van der Waals surface area (Å²) in [5, 5.41) is 0.358. The molecule has 2 aromatic heterocycles. The number of benzene rings is 2. The third-order valence-corrected chi connectivity index (χ3v) is 5.96. The van der Waals surface area contributed by atoms with Crippen molar-refractivity contribution in [1.82, 2.24) is 19.3 Å². The summed E-state index contributed by atoms with van der Waals surface area (Å²) < 4.78 is 66.3. The van der Waals surface area contributed by atoms with Gasteiger partial charge in [-0.3, -0.25) is 9.36 Å². The number of pyridine rings is 1. The molecule has 0 aliphatic rings. The Kier molecular flexibility index (Phi) is 4.24. The molecule has 11 heteroatoms. The van der Waals surface area contributed by atoms with E-state index in [1.54, 1.807) is 0 Å². The van der Waals surface area contributed by atoms with E-state index in [0.29, 0.717) is 10.9 Å². The van der Waals surface area contributed by atoms with Crippen molar-refractivity contribution in [2.45, 2.75) is 11.1 Å². The normalized spacial score (nSPS) is 12.7. The predicted octanol–water partition coefficient (Wildman–Crippen LogP) is 2.79. The Labute approximate surface area is 161 Å². The lowest BCUT2D eigenvalue weighted by atomic mass is 10.1. The van der Waals surface area contributed by atoms with E-state index in [4.69, 9.17) is 0 Å². The average Bonchev–Trinajstić information content (AvgIpc) is 3.18. The van der Waals surface area contributed by atoms with Crippen molar-refractivity contribution in [3.8, 4) is 5.69 Å². The maximum atomic E-state index is 13.0. The van der Waals surface area contributed by atoms with E-state index in [0.717, 1.165) is 12.1 Å². The predicted molar refractivity (Wildman–Crippen MR) is 100 cm³/mol. The van der Waals surface area contributed by atoms with Crippen molar-refractivity contribution in [1.29, 1.82) is 0 Å². The fourth-order valence-electron chi connectivity index (χ4n) is 3.12. The van der Waals surface area contributed by atoms with E-state index in [1.807, 2.05) is 0 Å². The zero-order valence-corrected chi connectivity index (χ0v) is 15.6. The first-order valence-electron chi connectivity index (χ1n) is 8.26. The number of halogens is 3. The number of fused-ring (bicyclic) bond motifs is 3. The number of alkyl halides is 3. The van der Waals surface area contributed by atoms with Gasteiger partial charge in [0.05, 0.1) is 22.3 Å². The maximum absolute atomic E-state index is 13.0. The second-order valence-electron chi connectivity index (χ2n) is 6.20. The highest BCUT2D eigenvalue weighted by Gasteiger charge is 2.30. The third kappa shape index (κ3) is 3.08. The number of H-pyrrole nitrogens is 1. The van der Waals surface area contributed by atoms with Crippen LogP contribution in [0.25, 0.3) is 27.6 Å². The van der Waals surface area contributed by atoms with Crippen molar-refractivity contribution < 1.29 is 21.6 Å². The number of nitrogens with one attached hydrogen (secondary N) is 2. The van der Waals surface area contributed by atoms with Crippen molar-refractivity contribution in [3.63, 3.8) is 0 Å². The Bertz CT molecular complexity index is 1400. The number of imidazole rings is 1. The van der Waals surface area contributed by atoms with Crippen molar-refractivity contribution >= 4 is 32.0 Å². The van der Waals surface area contributed by atoms with Crippen LogP contribution in [0.2, 0.25) is 0 Å². The Morgan fingerprint density at radius 2 is 1.79 bits per heavy atom. The van der Waals surface area contributed by atoms with Gasteiger partial charge in [-0.2, -0.15) is 13.2 Å². The molecule has 0 unspecified atom stereocenters. The molecule has 7 nitrogen and oxygen atoms in total. The molecular formula is C18H13F3N4O3S. The van der Waals surface area contributed by atoms with Crippen LogP contribution in [0.3, 0.4) is 0 Å². The molecule has 4 aromatic rings. The molecular weight excluding hydrogens is 409 g/mol. The smallest absolute Gasteiger partial charge is 0.340 e. The largest absolute Gasteiger partial charge is 0.416 e. The van der Waals surface area contributed by atoms with Crippen LogP contribution in [0.1, 0.15) is 5.56 Å². The van der Waals surface area contributed by atoms with Crippen molar-refractivity contribution in [2.75, 3.05) is 7.05 Å². The number of aromatic amines is 1. The number of aromatic nitrogens is 3. The standard InChI is InChI=1S/C18H13F3N4O3S/c1-22-29(27,28)12-6-7-14-13(8-12)15-16(24-9-23-15)17(26)25(14)11-4-2-10(3-5-11)18(19,20)21/h2-9,22H,1H3,(H,23,24). The van der Waals surface area contributed by atoms with Gasteiger partial charge in [0.15, 0.2) is 0 Å². The van der Waals surface area contributed by atoms with Crippen molar-refractivity contribution in [3.05, 3.63) is 64.7 Å². The molecule has 0 atom stereocenters. The molecule has 2 aromatic carbocycles. The molecule has 0 saturated carbocycles. The molecule has 29 heavy (non-hydrogen) atoms. The SMILES string of the molecule is CNS(=O)(=O)c1ccc2c(c1)c1nc[nH]c1c(=O)n2-c1ccc(C(F)(F)F)cc1. The highest BCUT2D eigenvalue weighted by molar-refractivity contribution is 7.89. The van der Waals surface area contributed by atoms with Crippen LogP contribution < -0.4 is 10.3 Å². The van der Waals surface area contributed by atoms with Gasteiger partial charge in [-0.15, -0.1) is 0 Å². The molecule has 0 bridgehead atoms. The van der Waals surface area contributed by atoms with Crippen LogP contribution in [0.4, 0.5) is 13.2 Å². The maximum Gasteiger partial charge on any atom is 0.416 e. The van der Waals surface area contributed by atoms with Gasteiger partial charge in [-0.1, -0.05) is 0 Å². The van der Waals surface area contributed by atoms with Gasteiger partial charge in [0, 0.05) is 11.1 Å². The summed E-state index contributed by atoms with van der Waals surface area (Å²) in [5.41, 5.74) is -0.478. The Morgan fingerprint density at radius 1 is 1.10 bits per heavy atom. The van der Waals surface area contributed by atoms with Gasteiger partial charge in [-0.05, 0) is 49.5 Å². The van der Waals surface area contributed by atoms with E-state index < -0.39 is 27.3 Å². The highest BCUT2D eigenvalue weighted by Crippen LogP contribution is 2.31. The molecule has 0 aliphatic heterocycles. The number of hydrogen-bond acceptors (Lipinski definition) is 4. The summed E-state index contributed by atoms with van der Waals surface area (Å²) in [6.07, 6.45) is -3.21. The van der Waals surface area contributed by atoms with E-state index in [2.05, 4.69) is 14.7 Å². The first kappa shape index (κ1) is 19.2. The Hall–Kier alpha value is -3.18. The fraction of sp³-hybridized carbons (Fsp3) is 0.111. The molecule has 0 spiro atoms. The molecule has 0 aliphatic carbocycles. The van der Waals surface area contributed by atoms with Crippen LogP contribution in [-0.4, -0.2) is 30.0 Å². The van der Waals surface area contributed by atoms with Gasteiger partial charge in [0.2, 0.25) is 10.0 Å². The summed E-state index contributed by atoms with van der Waals surface area (Å²) in [7, 11) is -2.48. The van der Waals surface area contributed by atoms with E-state index in [9.17, 15) is 26.4 Å². The molecule has 0 radical (unpaired) electrons. The number of sulfonamides is 1. The lowest BCUT2D eigenvalue weighted by Crippen LogP contribution is -2.21. The minimum absolute atomic E-state index is 0.0329. The van der Waals surface area contributed by atoms with E-state index in [-0.39, 0.29) is 21.6 Å². The van der Waals surface area contributed by atoms with Crippen LogP contribution in [0.15, 0.2) is 58.5 Å². The van der Waals surface area contributed by atoms with E-state index >= 15 is 0 Å². The summed E-state index contributed by atoms with van der Waals surface area (Å²) in [6, 6.07) is 8.23. The topological polar surface area (TPSA) is 96.8 Å². The first-order valence-corrected chi connectivity index (χ1v) is 9.75.